The second-order valence-corrected chi connectivity index (χ2v) is 6.63. The highest BCUT2D eigenvalue weighted by atomic mass is 32.2. The van der Waals surface area contributed by atoms with E-state index in [9.17, 15) is 9.59 Å². The molecule has 0 aromatic heterocycles. The molecule has 8 nitrogen and oxygen atoms in total. The third kappa shape index (κ3) is 4.25. The fraction of sp³-hybridized carbons (Fsp3) is 0.263. The monoisotopic (exact) mass is 404 g/mol. The fourth-order valence-electron chi connectivity index (χ4n) is 2.68. The van der Waals surface area contributed by atoms with E-state index in [-0.39, 0.29) is 24.4 Å². The zero-order valence-electron chi connectivity index (χ0n) is 15.7. The lowest BCUT2D eigenvalue weighted by atomic mass is 10.1. The number of methoxy groups -OCH3 is 2. The van der Waals surface area contributed by atoms with Crippen LogP contribution in [0.15, 0.2) is 30.3 Å². The summed E-state index contributed by atoms with van der Waals surface area (Å²) >= 11 is 1.39. The number of fused-ring (bicyclic) bond motifs is 1. The molecule has 2 aromatic rings. The van der Waals surface area contributed by atoms with Gasteiger partial charge in [-0.2, -0.15) is 11.8 Å². The summed E-state index contributed by atoms with van der Waals surface area (Å²) in [7, 11) is 2.93. The summed E-state index contributed by atoms with van der Waals surface area (Å²) in [5.74, 6) is 1.57. The summed E-state index contributed by atoms with van der Waals surface area (Å²) in [4.78, 5) is 24.8. The van der Waals surface area contributed by atoms with E-state index < -0.39 is 0 Å². The van der Waals surface area contributed by atoms with Gasteiger partial charge in [0.25, 0.3) is 5.91 Å². The van der Waals surface area contributed by atoms with Gasteiger partial charge in [-0.1, -0.05) is 0 Å². The van der Waals surface area contributed by atoms with Crippen LogP contribution in [0.1, 0.15) is 10.4 Å². The summed E-state index contributed by atoms with van der Waals surface area (Å²) in [6.07, 6.45) is 1.83. The van der Waals surface area contributed by atoms with Gasteiger partial charge in [-0.15, -0.1) is 0 Å². The minimum absolute atomic E-state index is 0.154. The summed E-state index contributed by atoms with van der Waals surface area (Å²) in [5.41, 5.74) is 1.21. The molecular formula is C19H20N2O6S. The molecule has 0 radical (unpaired) electrons. The van der Waals surface area contributed by atoms with Gasteiger partial charge >= 0.3 is 0 Å². The Morgan fingerprint density at radius 2 is 1.86 bits per heavy atom. The Hall–Kier alpha value is -3.07. The Morgan fingerprint density at radius 1 is 1.07 bits per heavy atom. The molecule has 1 heterocycles. The Balaban J connectivity index is 1.87. The number of thioether (sulfide) groups is 1. The number of rotatable bonds is 7. The number of hydrogen-bond acceptors (Lipinski definition) is 7. The highest BCUT2D eigenvalue weighted by Crippen LogP contribution is 2.37. The molecule has 1 aliphatic rings. The van der Waals surface area contributed by atoms with Crippen molar-refractivity contribution in [2.75, 3.05) is 43.7 Å². The van der Waals surface area contributed by atoms with Crippen LogP contribution in [0.3, 0.4) is 0 Å². The molecule has 2 N–H and O–H groups in total. The topological polar surface area (TPSA) is 95.1 Å². The first-order valence-electron chi connectivity index (χ1n) is 8.31. The molecule has 0 unspecified atom stereocenters. The lowest BCUT2D eigenvalue weighted by molar-refractivity contribution is -0.113. The van der Waals surface area contributed by atoms with Crippen LogP contribution >= 0.6 is 11.8 Å². The predicted octanol–water partition coefficient (Wildman–Crippen LogP) is 2.99. The number of hydrogen-bond donors (Lipinski definition) is 2. The first kappa shape index (κ1) is 19.7. The molecule has 2 aromatic carbocycles. The van der Waals surface area contributed by atoms with Crippen molar-refractivity contribution in [3.63, 3.8) is 0 Å². The average Bonchev–Trinajstić information content (AvgIpc) is 3.15. The maximum absolute atomic E-state index is 12.7. The molecular weight excluding hydrogens is 384 g/mol. The molecule has 0 bridgehead atoms. The first-order chi connectivity index (χ1) is 13.5. The van der Waals surface area contributed by atoms with Crippen LogP contribution in [-0.2, 0) is 4.79 Å². The Bertz CT molecular complexity index is 902. The highest BCUT2D eigenvalue weighted by Gasteiger charge is 2.19. The van der Waals surface area contributed by atoms with Crippen LogP contribution < -0.4 is 29.6 Å². The molecule has 9 heteroatoms. The smallest absolute Gasteiger partial charge is 0.255 e. The quantitative estimate of drug-likeness (QED) is 0.732. The van der Waals surface area contributed by atoms with E-state index >= 15 is 0 Å². The van der Waals surface area contributed by atoms with Gasteiger partial charge in [0, 0.05) is 17.3 Å². The summed E-state index contributed by atoms with van der Waals surface area (Å²) < 4.78 is 21.2. The maximum Gasteiger partial charge on any atom is 0.255 e. The van der Waals surface area contributed by atoms with Gasteiger partial charge in [-0.05, 0) is 30.5 Å². The van der Waals surface area contributed by atoms with Crippen LogP contribution in [0.5, 0.6) is 23.0 Å². The van der Waals surface area contributed by atoms with Crippen molar-refractivity contribution >= 4 is 35.0 Å². The molecule has 0 fully saturated rings. The van der Waals surface area contributed by atoms with E-state index in [1.54, 1.807) is 30.3 Å². The van der Waals surface area contributed by atoms with Gasteiger partial charge in [0.05, 0.1) is 25.7 Å². The molecule has 1 aliphatic heterocycles. The van der Waals surface area contributed by atoms with E-state index in [2.05, 4.69) is 10.6 Å². The molecule has 0 aliphatic carbocycles. The van der Waals surface area contributed by atoms with Crippen molar-refractivity contribution in [1.82, 2.24) is 0 Å². The Labute approximate surface area is 166 Å². The fourth-order valence-corrected chi connectivity index (χ4v) is 3.02. The zero-order chi connectivity index (χ0) is 20.1. The van der Waals surface area contributed by atoms with Crippen LogP contribution in [-0.4, -0.2) is 44.8 Å². The molecule has 148 valence electrons. The minimum Gasteiger partial charge on any atom is -0.493 e. The number of amides is 2. The van der Waals surface area contributed by atoms with E-state index in [0.29, 0.717) is 39.9 Å². The number of carbonyl (C=O) groups is 2. The first-order valence-corrected chi connectivity index (χ1v) is 9.71. The zero-order valence-corrected chi connectivity index (χ0v) is 16.5. The average molecular weight is 404 g/mol. The third-order valence-corrected chi connectivity index (χ3v) is 4.47. The molecule has 0 saturated carbocycles. The van der Waals surface area contributed by atoms with Crippen molar-refractivity contribution in [3.05, 3.63) is 35.9 Å². The van der Waals surface area contributed by atoms with Gasteiger partial charge in [0.1, 0.15) is 0 Å². The Morgan fingerprint density at radius 3 is 2.57 bits per heavy atom. The van der Waals surface area contributed by atoms with E-state index in [1.165, 1.54) is 26.0 Å². The second-order valence-electron chi connectivity index (χ2n) is 5.76. The van der Waals surface area contributed by atoms with Gasteiger partial charge in [0.15, 0.2) is 23.0 Å². The number of benzene rings is 2. The lowest BCUT2D eigenvalue weighted by Gasteiger charge is -2.16. The van der Waals surface area contributed by atoms with Crippen molar-refractivity contribution in [2.24, 2.45) is 0 Å². The second kappa shape index (κ2) is 8.75. The van der Waals surface area contributed by atoms with Gasteiger partial charge in [-0.3, -0.25) is 9.59 Å². The largest absolute Gasteiger partial charge is 0.493 e. The van der Waals surface area contributed by atoms with Gasteiger partial charge < -0.3 is 29.6 Å². The van der Waals surface area contributed by atoms with Crippen LogP contribution in [0.25, 0.3) is 0 Å². The normalized spacial score (nSPS) is 11.7. The lowest BCUT2D eigenvalue weighted by Crippen LogP contribution is -2.17. The van der Waals surface area contributed by atoms with Crippen LogP contribution in [0, 0.1) is 0 Å². The van der Waals surface area contributed by atoms with Crippen molar-refractivity contribution in [1.29, 1.82) is 0 Å². The standard InChI is InChI=1S/C19H20N2O6S/c1-24-16-7-11(6-13(18(16)25-2)21-17(22)9-28-3)19(23)20-12-4-5-14-15(8-12)27-10-26-14/h4-8H,9-10H2,1-3H3,(H,20,23)(H,21,22). The number of anilines is 2. The number of nitrogens with one attached hydrogen (secondary N) is 2. The minimum atomic E-state index is -0.375. The number of ether oxygens (including phenoxy) is 4. The maximum atomic E-state index is 12.7. The molecule has 0 spiro atoms. The van der Waals surface area contributed by atoms with Gasteiger partial charge in [-0.25, -0.2) is 0 Å². The van der Waals surface area contributed by atoms with Gasteiger partial charge in [0.2, 0.25) is 12.7 Å². The molecule has 0 saturated heterocycles. The summed E-state index contributed by atoms with van der Waals surface area (Å²) in [6, 6.07) is 8.21. The molecule has 2 amide bonds. The molecule has 0 atom stereocenters. The van der Waals surface area contributed by atoms with Crippen LogP contribution in [0.4, 0.5) is 11.4 Å². The van der Waals surface area contributed by atoms with E-state index in [0.717, 1.165) is 0 Å². The highest BCUT2D eigenvalue weighted by molar-refractivity contribution is 7.99. The van der Waals surface area contributed by atoms with E-state index in [4.69, 9.17) is 18.9 Å². The van der Waals surface area contributed by atoms with Crippen molar-refractivity contribution in [2.45, 2.75) is 0 Å². The predicted molar refractivity (Wildman–Crippen MR) is 107 cm³/mol. The van der Waals surface area contributed by atoms with Crippen molar-refractivity contribution in [3.8, 4) is 23.0 Å². The summed E-state index contributed by atoms with van der Waals surface area (Å²) in [5, 5.41) is 5.54. The van der Waals surface area contributed by atoms with Crippen LogP contribution in [0.2, 0.25) is 0 Å². The SMILES string of the molecule is COc1cc(C(=O)Nc2ccc3c(c2)OCO3)cc(NC(=O)CSC)c1OC. The summed E-state index contributed by atoms with van der Waals surface area (Å²) in [6.45, 7) is 0.154. The van der Waals surface area contributed by atoms with E-state index in [1.807, 2.05) is 6.26 Å². The Kier molecular flexibility index (Phi) is 6.15. The van der Waals surface area contributed by atoms with Crippen molar-refractivity contribution < 1.29 is 28.5 Å². The third-order valence-electron chi connectivity index (χ3n) is 3.92. The molecule has 28 heavy (non-hydrogen) atoms. The molecule has 3 rings (SSSR count). The number of carbonyl (C=O) groups excluding carboxylic acids is 2.